The minimum absolute atomic E-state index is 0. The zero-order valence-electron chi connectivity index (χ0n) is 17.3. The molecule has 4 rings (SSSR count). The van der Waals surface area contributed by atoms with Crippen LogP contribution in [0.3, 0.4) is 0 Å². The van der Waals surface area contributed by atoms with Crippen molar-refractivity contribution in [3.8, 4) is 0 Å². The van der Waals surface area contributed by atoms with Gasteiger partial charge in [0.1, 0.15) is 29.2 Å². The van der Waals surface area contributed by atoms with Gasteiger partial charge in [0.2, 0.25) is 0 Å². The minimum atomic E-state index is -0.848. The maximum atomic E-state index is 12.9. The van der Waals surface area contributed by atoms with Gasteiger partial charge in [-0.25, -0.2) is 4.98 Å². The molecule has 2 aliphatic heterocycles. The third kappa shape index (κ3) is 5.36. The summed E-state index contributed by atoms with van der Waals surface area (Å²) in [6, 6.07) is -0.848. The Labute approximate surface area is 227 Å². The number of carbonyl (C=O) groups excluding carboxylic acids is 2. The number of hydrogen-bond donors (Lipinski definition) is 3. The molecule has 168 valence electrons. The first kappa shape index (κ1) is 25.9. The quantitative estimate of drug-likeness (QED) is 0.0760. The second kappa shape index (κ2) is 11.2. The SMILES string of the molecule is CO/N=C(\C(=O)N[C@@H]1C(=O)N2C(C([O-])=S)=C(CSc3cn[nH]n3)CS[C@H]12)c1csc(N)n1.[Na+]. The summed E-state index contributed by atoms with van der Waals surface area (Å²) < 4.78 is 0. The van der Waals surface area contributed by atoms with Crippen LogP contribution in [0.5, 0.6) is 0 Å². The van der Waals surface area contributed by atoms with Gasteiger partial charge in [0.05, 0.1) is 6.20 Å². The van der Waals surface area contributed by atoms with E-state index in [-0.39, 0.29) is 51.8 Å². The van der Waals surface area contributed by atoms with Crippen molar-refractivity contribution in [1.29, 1.82) is 0 Å². The number of β-lactam (4-membered cyclic amide) rings is 1. The van der Waals surface area contributed by atoms with Gasteiger partial charge in [-0.2, -0.15) is 10.3 Å². The Morgan fingerprint density at radius 2 is 2.36 bits per heavy atom. The van der Waals surface area contributed by atoms with Gasteiger partial charge in [0, 0.05) is 22.6 Å². The summed E-state index contributed by atoms with van der Waals surface area (Å²) >= 11 is 8.84. The van der Waals surface area contributed by atoms with E-state index in [4.69, 9.17) is 22.8 Å². The zero-order valence-corrected chi connectivity index (χ0v) is 22.6. The Hall–Kier alpha value is -1.69. The van der Waals surface area contributed by atoms with Crippen molar-refractivity contribution in [2.45, 2.75) is 16.4 Å². The standard InChI is InChI=1S/C16H16N8O4S4.Na/c1-28-22-9(7-5-32-16(17)19-7)12(25)20-10-13(26)24-11(15(27)29)6(4-31-14(10)24)3-30-8-2-18-23-21-8;/h2,5,10,14H,3-4H2,1H3,(H2,17,19)(H,20,25)(H,27,29)(H,18,21,23);/q;+1/p-1/b22-9-;/t10-,14-;/m1./s1. The molecule has 17 heteroatoms. The van der Waals surface area contributed by atoms with Crippen molar-refractivity contribution in [3.63, 3.8) is 0 Å². The number of aromatic nitrogens is 4. The predicted molar refractivity (Wildman–Crippen MR) is 122 cm³/mol. The number of thiocarbonyl (C=S) groups is 1. The Kier molecular flexibility index (Phi) is 8.76. The number of aromatic amines is 1. The molecule has 2 aromatic heterocycles. The van der Waals surface area contributed by atoms with Crippen molar-refractivity contribution >= 4 is 74.8 Å². The number of nitrogens with two attached hydrogens (primary N) is 1. The van der Waals surface area contributed by atoms with Gasteiger partial charge in [-0.3, -0.25) is 14.5 Å². The molecule has 0 aliphatic carbocycles. The number of nitrogens with zero attached hydrogens (tertiary/aromatic N) is 5. The van der Waals surface area contributed by atoms with Crippen LogP contribution in [0.1, 0.15) is 5.69 Å². The third-order valence-corrected chi connectivity index (χ3v) is 7.67. The van der Waals surface area contributed by atoms with Crippen molar-refractivity contribution in [2.24, 2.45) is 5.16 Å². The summed E-state index contributed by atoms with van der Waals surface area (Å²) in [7, 11) is 1.29. The molecule has 0 radical (unpaired) electrons. The molecule has 1 saturated heterocycles. The van der Waals surface area contributed by atoms with Crippen LogP contribution in [0.2, 0.25) is 0 Å². The average Bonchev–Trinajstić information content (AvgIpc) is 3.45. The van der Waals surface area contributed by atoms with E-state index in [1.807, 2.05) is 0 Å². The number of anilines is 1. The topological polar surface area (TPSA) is 175 Å². The van der Waals surface area contributed by atoms with E-state index < -0.39 is 28.3 Å². The van der Waals surface area contributed by atoms with E-state index in [0.717, 1.165) is 16.9 Å². The molecule has 33 heavy (non-hydrogen) atoms. The molecule has 12 nitrogen and oxygen atoms in total. The summed E-state index contributed by atoms with van der Waals surface area (Å²) in [5, 5.41) is 30.2. The molecule has 4 heterocycles. The van der Waals surface area contributed by atoms with Crippen molar-refractivity contribution < 1.29 is 49.1 Å². The Morgan fingerprint density at radius 3 is 2.97 bits per heavy atom. The molecular formula is C16H15N8NaO4S4. The van der Waals surface area contributed by atoms with Gasteiger partial charge in [-0.1, -0.05) is 29.1 Å². The largest absolute Gasteiger partial charge is 1.00 e. The van der Waals surface area contributed by atoms with Crippen LogP contribution in [0.4, 0.5) is 5.13 Å². The number of thiazole rings is 1. The normalized spacial score (nSPS) is 20.0. The number of amides is 2. The summed E-state index contributed by atoms with van der Waals surface area (Å²) in [6.45, 7) is 0. The Morgan fingerprint density at radius 1 is 1.58 bits per heavy atom. The number of hydrogen-bond acceptors (Lipinski definition) is 13. The van der Waals surface area contributed by atoms with E-state index in [1.165, 1.54) is 35.5 Å². The van der Waals surface area contributed by atoms with Gasteiger partial charge in [0.15, 0.2) is 10.8 Å². The number of H-pyrrole nitrogens is 1. The van der Waals surface area contributed by atoms with Crippen LogP contribution in [0.15, 0.2) is 33.0 Å². The summed E-state index contributed by atoms with van der Waals surface area (Å²) in [6.07, 6.45) is 1.56. The second-order valence-electron chi connectivity index (χ2n) is 6.39. The molecule has 0 saturated carbocycles. The maximum absolute atomic E-state index is 12.9. The van der Waals surface area contributed by atoms with Crippen LogP contribution in [0, 0.1) is 0 Å². The van der Waals surface area contributed by atoms with E-state index >= 15 is 0 Å². The molecule has 0 aromatic carbocycles. The van der Waals surface area contributed by atoms with E-state index in [0.29, 0.717) is 16.5 Å². The summed E-state index contributed by atoms with van der Waals surface area (Å²) in [5.41, 5.74) is 6.68. The number of rotatable bonds is 8. The van der Waals surface area contributed by atoms with Crippen molar-refractivity contribution in [2.75, 3.05) is 24.3 Å². The Bertz CT molecular complexity index is 1120. The van der Waals surface area contributed by atoms with E-state index in [2.05, 4.69) is 30.9 Å². The first-order valence-corrected chi connectivity index (χ1v) is 12.2. The molecule has 0 bridgehead atoms. The predicted octanol–water partition coefficient (Wildman–Crippen LogP) is -3.67. The molecule has 4 N–H and O–H groups in total. The molecule has 2 aliphatic rings. The number of nitrogen functional groups attached to an aromatic ring is 1. The van der Waals surface area contributed by atoms with Gasteiger partial charge in [0.25, 0.3) is 11.8 Å². The van der Waals surface area contributed by atoms with Gasteiger partial charge < -0.3 is 21.0 Å². The van der Waals surface area contributed by atoms with Gasteiger partial charge in [-0.15, -0.1) is 28.2 Å². The Balaban J connectivity index is 0.00000306. The number of nitrogens with one attached hydrogen (secondary N) is 2. The zero-order chi connectivity index (χ0) is 22.8. The monoisotopic (exact) mass is 534 g/mol. The number of thioether (sulfide) groups is 2. The molecule has 2 amide bonds. The fraction of sp³-hybridized carbons (Fsp3) is 0.312. The molecular weight excluding hydrogens is 519 g/mol. The first-order valence-electron chi connectivity index (χ1n) is 8.90. The fourth-order valence-electron chi connectivity index (χ4n) is 3.11. The summed E-state index contributed by atoms with van der Waals surface area (Å²) in [5.74, 6) is -0.160. The fourth-order valence-corrected chi connectivity index (χ4v) is 6.17. The van der Waals surface area contributed by atoms with Gasteiger partial charge in [-0.05, 0) is 10.6 Å². The average molecular weight is 535 g/mol. The van der Waals surface area contributed by atoms with Crippen LogP contribution < -0.4 is 45.7 Å². The van der Waals surface area contributed by atoms with Crippen LogP contribution in [0.25, 0.3) is 0 Å². The van der Waals surface area contributed by atoms with Crippen molar-refractivity contribution in [3.05, 3.63) is 28.5 Å². The van der Waals surface area contributed by atoms with E-state index in [1.54, 1.807) is 11.6 Å². The number of fused-ring (bicyclic) bond motifs is 1. The van der Waals surface area contributed by atoms with Crippen LogP contribution in [-0.4, -0.2) is 77.9 Å². The van der Waals surface area contributed by atoms with Crippen LogP contribution in [-0.2, 0) is 14.4 Å². The smallest absolute Gasteiger partial charge is 0.863 e. The third-order valence-electron chi connectivity index (χ3n) is 4.48. The molecule has 0 unspecified atom stereocenters. The maximum Gasteiger partial charge on any atom is 1.00 e. The molecule has 0 spiro atoms. The summed E-state index contributed by atoms with van der Waals surface area (Å²) in [4.78, 5) is 35.8. The minimum Gasteiger partial charge on any atom is -0.863 e. The molecule has 2 aromatic rings. The molecule has 1 fully saturated rings. The van der Waals surface area contributed by atoms with Gasteiger partial charge >= 0.3 is 29.6 Å². The van der Waals surface area contributed by atoms with Crippen LogP contribution >= 0.6 is 47.1 Å². The number of carbonyl (C=O) groups is 2. The molecule has 2 atom stereocenters. The second-order valence-corrected chi connectivity index (χ2v) is 9.75. The number of oxime groups is 1. The van der Waals surface area contributed by atoms with Crippen molar-refractivity contribution in [1.82, 2.24) is 30.6 Å². The van der Waals surface area contributed by atoms with E-state index in [9.17, 15) is 14.7 Å². The first-order chi connectivity index (χ1) is 15.4.